The molecule has 1 aliphatic heterocycles. The fourth-order valence-corrected chi connectivity index (χ4v) is 4.48. The maximum absolute atomic E-state index is 13.4. The summed E-state index contributed by atoms with van der Waals surface area (Å²) in [5, 5.41) is 38.7. The van der Waals surface area contributed by atoms with Gasteiger partial charge < -0.3 is 16.1 Å². The first-order valence-corrected chi connectivity index (χ1v) is 12.9. The van der Waals surface area contributed by atoms with Gasteiger partial charge in [-0.15, -0.1) is 5.53 Å². The molecule has 1 aromatic heterocycles. The lowest BCUT2D eigenvalue weighted by Gasteiger charge is -2.24. The number of nitriles is 3. The molecule has 2 aromatic carbocycles. The Kier molecular flexibility index (Phi) is 8.09. The second-order valence-corrected chi connectivity index (χ2v) is 11.0. The van der Waals surface area contributed by atoms with Crippen molar-refractivity contribution in [2.75, 3.05) is 23.9 Å². The second-order valence-electron chi connectivity index (χ2n) is 11.0. The van der Waals surface area contributed by atoms with Gasteiger partial charge >= 0.3 is 0 Å². The van der Waals surface area contributed by atoms with Crippen molar-refractivity contribution >= 4 is 22.3 Å². The molecule has 2 heterocycles. The van der Waals surface area contributed by atoms with Crippen LogP contribution in [-0.2, 0) is 0 Å². The Morgan fingerprint density at radius 3 is 2.45 bits per heavy atom. The van der Waals surface area contributed by atoms with Crippen LogP contribution in [0.1, 0.15) is 61.6 Å². The number of aromatic nitrogens is 1. The minimum Gasteiger partial charge on any atom is -0.383 e. The normalized spacial score (nSPS) is 14.4. The SMILES string of the molecule is Cc1c(C#N)cccc1[C@H](Nc1cc(C#N)c2ncc(C#N)c(NCC(C)(C)C)c2c1)C1=CN([C@@H](C)CF)NN1. The minimum absolute atomic E-state index is 0.0547. The van der Waals surface area contributed by atoms with Crippen molar-refractivity contribution in [3.63, 3.8) is 0 Å². The Labute approximate surface area is 233 Å². The number of hydrogen-bond acceptors (Lipinski definition) is 9. The highest BCUT2D eigenvalue weighted by Gasteiger charge is 2.27. The number of fused-ring (bicyclic) bond motifs is 1. The van der Waals surface area contributed by atoms with Crippen molar-refractivity contribution < 1.29 is 4.39 Å². The van der Waals surface area contributed by atoms with Crippen molar-refractivity contribution in [2.24, 2.45) is 5.41 Å². The van der Waals surface area contributed by atoms with E-state index in [0.29, 0.717) is 51.2 Å². The van der Waals surface area contributed by atoms with Crippen molar-refractivity contribution in [3.8, 4) is 18.2 Å². The molecule has 3 aromatic rings. The molecule has 0 saturated heterocycles. The zero-order valence-corrected chi connectivity index (χ0v) is 23.2. The molecule has 40 heavy (non-hydrogen) atoms. The number of rotatable bonds is 8. The number of hydrazine groups is 2. The minimum atomic E-state index is -0.547. The lowest BCUT2D eigenvalue weighted by atomic mass is 9.94. The van der Waals surface area contributed by atoms with Gasteiger partial charge in [0.15, 0.2) is 0 Å². The molecule has 0 bridgehead atoms. The van der Waals surface area contributed by atoms with Crippen LogP contribution in [0.4, 0.5) is 15.8 Å². The monoisotopic (exact) mass is 537 g/mol. The molecule has 0 spiro atoms. The number of nitrogens with zero attached hydrogens (tertiary/aromatic N) is 5. The molecular weight excluding hydrogens is 505 g/mol. The smallest absolute Gasteiger partial charge is 0.111 e. The van der Waals surface area contributed by atoms with E-state index in [2.05, 4.69) is 65.6 Å². The number of halogens is 1. The van der Waals surface area contributed by atoms with E-state index in [9.17, 15) is 20.2 Å². The topological polar surface area (TPSA) is 136 Å². The van der Waals surface area contributed by atoms with E-state index < -0.39 is 18.8 Å². The molecule has 4 N–H and O–H groups in total. The molecule has 204 valence electrons. The highest BCUT2D eigenvalue weighted by Crippen LogP contribution is 2.35. The number of pyridine rings is 1. The summed E-state index contributed by atoms with van der Waals surface area (Å²) in [6, 6.07) is 14.9. The third-order valence-corrected chi connectivity index (χ3v) is 6.74. The van der Waals surface area contributed by atoms with Crippen LogP contribution >= 0.6 is 0 Å². The van der Waals surface area contributed by atoms with Gasteiger partial charge in [-0.25, -0.2) is 4.39 Å². The molecule has 0 saturated carbocycles. The predicted molar refractivity (Wildman–Crippen MR) is 153 cm³/mol. The molecule has 0 unspecified atom stereocenters. The van der Waals surface area contributed by atoms with Crippen molar-refractivity contribution in [3.05, 3.63) is 76.2 Å². The van der Waals surface area contributed by atoms with Gasteiger partial charge in [-0.1, -0.05) is 32.9 Å². The Balaban J connectivity index is 1.87. The van der Waals surface area contributed by atoms with E-state index in [0.717, 1.165) is 11.1 Å². The number of benzene rings is 2. The van der Waals surface area contributed by atoms with Crippen LogP contribution < -0.4 is 21.6 Å². The van der Waals surface area contributed by atoms with Crippen LogP contribution in [0.25, 0.3) is 10.9 Å². The average molecular weight is 538 g/mol. The fraction of sp³-hybridized carbons (Fsp3) is 0.333. The summed E-state index contributed by atoms with van der Waals surface area (Å²) in [5.74, 6) is 0. The molecular formula is C30H32FN9. The Morgan fingerprint density at radius 1 is 1.07 bits per heavy atom. The summed E-state index contributed by atoms with van der Waals surface area (Å²) < 4.78 is 13.4. The van der Waals surface area contributed by atoms with Gasteiger partial charge in [0.05, 0.1) is 51.7 Å². The summed E-state index contributed by atoms with van der Waals surface area (Å²) >= 11 is 0. The van der Waals surface area contributed by atoms with Gasteiger partial charge in [-0.2, -0.15) is 15.8 Å². The molecule has 2 atom stereocenters. The van der Waals surface area contributed by atoms with Gasteiger partial charge in [-0.05, 0) is 48.6 Å². The van der Waals surface area contributed by atoms with Crippen molar-refractivity contribution in [1.82, 2.24) is 21.0 Å². The van der Waals surface area contributed by atoms with E-state index in [1.54, 1.807) is 30.3 Å². The lowest BCUT2D eigenvalue weighted by molar-refractivity contribution is 0.178. The maximum atomic E-state index is 13.4. The summed E-state index contributed by atoms with van der Waals surface area (Å²) in [6.07, 6.45) is 3.28. The van der Waals surface area contributed by atoms with Crippen LogP contribution in [0.5, 0.6) is 0 Å². The maximum Gasteiger partial charge on any atom is 0.111 e. The van der Waals surface area contributed by atoms with E-state index in [4.69, 9.17) is 0 Å². The number of hydrogen-bond donors (Lipinski definition) is 4. The Hall–Kier alpha value is -4.85. The molecule has 0 aliphatic carbocycles. The molecule has 1 aliphatic rings. The van der Waals surface area contributed by atoms with Crippen LogP contribution in [-0.4, -0.2) is 29.3 Å². The molecule has 10 heteroatoms. The van der Waals surface area contributed by atoms with Crippen LogP contribution in [0.2, 0.25) is 0 Å². The van der Waals surface area contributed by atoms with Crippen LogP contribution in [0.15, 0.2) is 48.4 Å². The van der Waals surface area contributed by atoms with E-state index in [-0.39, 0.29) is 5.41 Å². The fourth-order valence-electron chi connectivity index (χ4n) is 4.48. The van der Waals surface area contributed by atoms with Crippen molar-refractivity contribution in [1.29, 1.82) is 15.8 Å². The zero-order chi connectivity index (χ0) is 29.0. The molecule has 4 rings (SSSR count). The van der Waals surface area contributed by atoms with Gasteiger partial charge in [-0.3, -0.25) is 9.99 Å². The lowest BCUT2D eigenvalue weighted by Crippen LogP contribution is -2.43. The Morgan fingerprint density at radius 2 is 1.80 bits per heavy atom. The first-order valence-electron chi connectivity index (χ1n) is 12.9. The number of nitrogens with one attached hydrogen (secondary N) is 4. The number of anilines is 2. The first kappa shape index (κ1) is 28.2. The van der Waals surface area contributed by atoms with Crippen LogP contribution in [0, 0.1) is 46.3 Å². The molecule has 9 nitrogen and oxygen atoms in total. The van der Waals surface area contributed by atoms with Gasteiger partial charge in [0.1, 0.15) is 18.8 Å². The van der Waals surface area contributed by atoms with Gasteiger partial charge in [0.25, 0.3) is 0 Å². The predicted octanol–water partition coefficient (Wildman–Crippen LogP) is 5.29. The standard InChI is InChI=1S/C30H32FN9/c1-18(11-31)40-16-26(38-39-40)29(24-8-6-7-20(12-32)19(24)2)37-23-9-21(13-33)27-25(10-23)28(22(14-34)15-35-27)36-17-30(3,4)5/h6-10,15-16,18,29,37-39H,11,17H2,1-5H3,(H,35,36)/t18-,29-/m0/s1. The van der Waals surface area contributed by atoms with Gasteiger partial charge in [0, 0.05) is 30.0 Å². The average Bonchev–Trinajstić information content (AvgIpc) is 3.43. The highest BCUT2D eigenvalue weighted by atomic mass is 19.1. The van der Waals surface area contributed by atoms with E-state index in [1.807, 2.05) is 25.1 Å². The molecule has 0 radical (unpaired) electrons. The quantitative estimate of drug-likeness (QED) is 0.302. The molecule has 0 amide bonds. The van der Waals surface area contributed by atoms with E-state index in [1.165, 1.54) is 6.20 Å². The van der Waals surface area contributed by atoms with Crippen LogP contribution in [0.3, 0.4) is 0 Å². The first-order chi connectivity index (χ1) is 19.1. The van der Waals surface area contributed by atoms with E-state index >= 15 is 0 Å². The third-order valence-electron chi connectivity index (χ3n) is 6.74. The second kappa shape index (κ2) is 11.5. The van der Waals surface area contributed by atoms with Gasteiger partial charge in [0.2, 0.25) is 0 Å². The highest BCUT2D eigenvalue weighted by molar-refractivity contribution is 5.99. The largest absolute Gasteiger partial charge is 0.383 e. The zero-order valence-electron chi connectivity index (χ0n) is 23.2. The summed E-state index contributed by atoms with van der Waals surface area (Å²) in [5.41, 5.74) is 11.4. The number of alkyl halides is 1. The summed E-state index contributed by atoms with van der Waals surface area (Å²) in [4.78, 5) is 4.43. The van der Waals surface area contributed by atoms with Crippen molar-refractivity contribution in [2.45, 2.75) is 46.7 Å². The Bertz CT molecular complexity index is 1580. The summed E-state index contributed by atoms with van der Waals surface area (Å²) in [7, 11) is 0. The summed E-state index contributed by atoms with van der Waals surface area (Å²) in [6.45, 7) is 9.97. The third kappa shape index (κ3) is 5.76. The molecule has 0 fully saturated rings.